The van der Waals surface area contributed by atoms with E-state index in [1.807, 2.05) is 28.8 Å². The lowest BCUT2D eigenvalue weighted by atomic mass is 10.1. The van der Waals surface area contributed by atoms with Gasteiger partial charge >= 0.3 is 0 Å². The molecule has 0 saturated carbocycles. The Hall–Kier alpha value is -0.710. The molecule has 3 nitrogen and oxygen atoms in total. The summed E-state index contributed by atoms with van der Waals surface area (Å²) in [5.74, 6) is 0. The fraction of sp³-hybridized carbons (Fsp3) is 0.333. The number of hydrogen-bond donors (Lipinski definition) is 2. The van der Waals surface area contributed by atoms with E-state index in [0.717, 1.165) is 12.2 Å². The molecule has 70 valence electrons. The van der Waals surface area contributed by atoms with Gasteiger partial charge in [0.2, 0.25) is 0 Å². The Balaban J connectivity index is 2.27. The van der Waals surface area contributed by atoms with Crippen LogP contribution in [0.25, 0.3) is 0 Å². The summed E-state index contributed by atoms with van der Waals surface area (Å²) in [6.07, 6.45) is 1.38. The number of aliphatic hydroxyl groups excluding tert-OH is 1. The Morgan fingerprint density at radius 2 is 2.31 bits per heavy atom. The Kier molecular flexibility index (Phi) is 2.44. The van der Waals surface area contributed by atoms with Crippen LogP contribution < -0.4 is 5.32 Å². The SMILES string of the molecule is CSN1Cc2ccccc2NC1O. The van der Waals surface area contributed by atoms with Crippen LogP contribution in [0, 0.1) is 0 Å². The summed E-state index contributed by atoms with van der Waals surface area (Å²) in [7, 11) is 0. The Bertz CT molecular complexity index is 305. The minimum atomic E-state index is -0.579. The molecule has 0 amide bonds. The second kappa shape index (κ2) is 3.57. The Morgan fingerprint density at radius 3 is 3.08 bits per heavy atom. The maximum atomic E-state index is 9.61. The van der Waals surface area contributed by atoms with E-state index in [2.05, 4.69) is 11.4 Å². The van der Waals surface area contributed by atoms with E-state index in [-0.39, 0.29) is 0 Å². The van der Waals surface area contributed by atoms with Gasteiger partial charge in [-0.1, -0.05) is 30.1 Å². The standard InChI is InChI=1S/C9H12N2OS/c1-13-11-6-7-4-2-3-5-8(7)10-9(11)12/h2-5,9-10,12H,6H2,1H3. The van der Waals surface area contributed by atoms with Gasteiger partial charge in [0.1, 0.15) is 0 Å². The van der Waals surface area contributed by atoms with Crippen molar-refractivity contribution in [2.75, 3.05) is 11.6 Å². The van der Waals surface area contributed by atoms with Crippen molar-refractivity contribution in [1.82, 2.24) is 4.31 Å². The summed E-state index contributed by atoms with van der Waals surface area (Å²) >= 11 is 1.54. The molecule has 1 heterocycles. The van der Waals surface area contributed by atoms with E-state index >= 15 is 0 Å². The summed E-state index contributed by atoms with van der Waals surface area (Å²) in [5.41, 5.74) is 2.25. The summed E-state index contributed by atoms with van der Waals surface area (Å²) < 4.78 is 1.89. The number of nitrogens with one attached hydrogen (secondary N) is 1. The van der Waals surface area contributed by atoms with Crippen LogP contribution in [0.3, 0.4) is 0 Å². The summed E-state index contributed by atoms with van der Waals surface area (Å²) in [6.45, 7) is 0.783. The quantitative estimate of drug-likeness (QED) is 0.667. The first-order valence-corrected chi connectivity index (χ1v) is 5.32. The summed E-state index contributed by atoms with van der Waals surface area (Å²) in [5, 5.41) is 12.6. The van der Waals surface area contributed by atoms with Gasteiger partial charge in [0, 0.05) is 12.2 Å². The normalized spacial score (nSPS) is 22.2. The molecule has 1 unspecified atom stereocenters. The van der Waals surface area contributed by atoms with Gasteiger partial charge < -0.3 is 10.4 Å². The third-order valence-electron chi connectivity index (χ3n) is 2.14. The first-order chi connectivity index (χ1) is 6.31. The third-order valence-corrected chi connectivity index (χ3v) is 2.93. The number of fused-ring (bicyclic) bond motifs is 1. The molecule has 0 aliphatic carbocycles. The predicted molar refractivity (Wildman–Crippen MR) is 55.1 cm³/mol. The number of hydrogen-bond acceptors (Lipinski definition) is 4. The molecular formula is C9H12N2OS. The second-order valence-electron chi connectivity index (χ2n) is 2.93. The lowest BCUT2D eigenvalue weighted by Crippen LogP contribution is -2.39. The highest BCUT2D eigenvalue weighted by Crippen LogP contribution is 2.27. The number of para-hydroxylation sites is 1. The molecule has 0 saturated heterocycles. The molecular weight excluding hydrogens is 184 g/mol. The van der Waals surface area contributed by atoms with Gasteiger partial charge in [-0.05, 0) is 17.9 Å². The van der Waals surface area contributed by atoms with Crippen molar-refractivity contribution in [3.63, 3.8) is 0 Å². The Morgan fingerprint density at radius 1 is 1.54 bits per heavy atom. The molecule has 0 spiro atoms. The lowest BCUT2D eigenvalue weighted by Gasteiger charge is -2.32. The van der Waals surface area contributed by atoms with Crippen molar-refractivity contribution < 1.29 is 5.11 Å². The molecule has 1 aromatic rings. The highest BCUT2D eigenvalue weighted by atomic mass is 32.2. The van der Waals surface area contributed by atoms with Crippen LogP contribution >= 0.6 is 11.9 Å². The number of anilines is 1. The van der Waals surface area contributed by atoms with Gasteiger partial charge in [-0.3, -0.25) is 0 Å². The van der Waals surface area contributed by atoms with Crippen LogP contribution in [0.15, 0.2) is 24.3 Å². The van der Waals surface area contributed by atoms with Crippen molar-refractivity contribution >= 4 is 17.6 Å². The number of aliphatic hydroxyl groups is 1. The number of rotatable bonds is 1. The maximum absolute atomic E-state index is 9.61. The molecule has 1 aliphatic rings. The largest absolute Gasteiger partial charge is 0.360 e. The summed E-state index contributed by atoms with van der Waals surface area (Å²) in [6, 6.07) is 8.03. The van der Waals surface area contributed by atoms with Crippen LogP contribution in [-0.2, 0) is 6.54 Å². The van der Waals surface area contributed by atoms with Gasteiger partial charge in [0.25, 0.3) is 0 Å². The molecule has 1 aliphatic heterocycles. The van der Waals surface area contributed by atoms with Crippen LogP contribution in [0.2, 0.25) is 0 Å². The molecule has 0 aromatic heterocycles. The van der Waals surface area contributed by atoms with Crippen molar-refractivity contribution in [2.24, 2.45) is 0 Å². The van der Waals surface area contributed by atoms with E-state index in [1.54, 1.807) is 0 Å². The monoisotopic (exact) mass is 196 g/mol. The zero-order valence-electron chi connectivity index (χ0n) is 7.40. The van der Waals surface area contributed by atoms with Crippen LogP contribution in [0.4, 0.5) is 5.69 Å². The van der Waals surface area contributed by atoms with Crippen molar-refractivity contribution in [1.29, 1.82) is 0 Å². The average Bonchev–Trinajstić information content (AvgIpc) is 2.17. The van der Waals surface area contributed by atoms with E-state index in [9.17, 15) is 5.11 Å². The fourth-order valence-corrected chi connectivity index (χ4v) is 1.95. The van der Waals surface area contributed by atoms with Gasteiger partial charge in [-0.15, -0.1) is 0 Å². The average molecular weight is 196 g/mol. The molecule has 13 heavy (non-hydrogen) atoms. The molecule has 1 atom stereocenters. The maximum Gasteiger partial charge on any atom is 0.193 e. The highest BCUT2D eigenvalue weighted by molar-refractivity contribution is 7.96. The predicted octanol–water partition coefficient (Wildman–Crippen LogP) is 1.47. The summed E-state index contributed by atoms with van der Waals surface area (Å²) in [4.78, 5) is 0. The minimum Gasteiger partial charge on any atom is -0.360 e. The fourth-order valence-electron chi connectivity index (χ4n) is 1.43. The van der Waals surface area contributed by atoms with Gasteiger partial charge in [-0.2, -0.15) is 0 Å². The van der Waals surface area contributed by atoms with Crippen LogP contribution in [-0.4, -0.2) is 22.0 Å². The van der Waals surface area contributed by atoms with Gasteiger partial charge in [0.15, 0.2) is 6.35 Å². The lowest BCUT2D eigenvalue weighted by molar-refractivity contribution is 0.0871. The van der Waals surface area contributed by atoms with Crippen molar-refractivity contribution in [3.05, 3.63) is 29.8 Å². The van der Waals surface area contributed by atoms with Crippen LogP contribution in [0.1, 0.15) is 5.56 Å². The molecule has 2 N–H and O–H groups in total. The smallest absolute Gasteiger partial charge is 0.193 e. The number of nitrogens with zero attached hydrogens (tertiary/aromatic N) is 1. The third kappa shape index (κ3) is 1.65. The first kappa shape index (κ1) is 8.87. The molecule has 4 heteroatoms. The molecule has 0 bridgehead atoms. The van der Waals surface area contributed by atoms with Crippen molar-refractivity contribution in [2.45, 2.75) is 12.9 Å². The minimum absolute atomic E-state index is 0.579. The van der Waals surface area contributed by atoms with E-state index in [4.69, 9.17) is 0 Å². The molecule has 0 fully saturated rings. The van der Waals surface area contributed by atoms with Gasteiger partial charge in [-0.25, -0.2) is 4.31 Å². The number of benzene rings is 1. The Labute approximate surface area is 81.9 Å². The molecule has 2 rings (SSSR count). The first-order valence-electron chi connectivity index (χ1n) is 4.14. The van der Waals surface area contributed by atoms with E-state index in [0.29, 0.717) is 0 Å². The molecule has 0 radical (unpaired) electrons. The zero-order valence-corrected chi connectivity index (χ0v) is 8.21. The topological polar surface area (TPSA) is 35.5 Å². The van der Waals surface area contributed by atoms with Crippen molar-refractivity contribution in [3.8, 4) is 0 Å². The molecule has 1 aromatic carbocycles. The van der Waals surface area contributed by atoms with E-state index in [1.165, 1.54) is 17.5 Å². The van der Waals surface area contributed by atoms with E-state index < -0.39 is 6.35 Å². The van der Waals surface area contributed by atoms with Gasteiger partial charge in [0.05, 0.1) is 0 Å². The second-order valence-corrected chi connectivity index (χ2v) is 3.77. The zero-order chi connectivity index (χ0) is 9.26. The van der Waals surface area contributed by atoms with Crippen LogP contribution in [0.5, 0.6) is 0 Å². The highest BCUT2D eigenvalue weighted by Gasteiger charge is 2.21.